The third kappa shape index (κ3) is 5.50. The molecule has 0 atom stereocenters. The van der Waals surface area contributed by atoms with Crippen LogP contribution in [0, 0.1) is 5.41 Å². The lowest BCUT2D eigenvalue weighted by Crippen LogP contribution is -2.35. The molecule has 0 unspecified atom stereocenters. The van der Waals surface area contributed by atoms with Crippen LogP contribution in [0.2, 0.25) is 0 Å². The Morgan fingerprint density at radius 1 is 1.13 bits per heavy atom. The van der Waals surface area contributed by atoms with Crippen LogP contribution in [0.4, 0.5) is 5.69 Å². The number of nitrogens with one attached hydrogen (secondary N) is 2. The van der Waals surface area contributed by atoms with Crippen molar-refractivity contribution in [2.75, 3.05) is 5.32 Å². The fraction of sp³-hybridized carbons (Fsp3) is 0.286. The molecule has 0 aliphatic heterocycles. The molecule has 1 aromatic carbocycles. The predicted octanol–water partition coefficient (Wildman–Crippen LogP) is 2.90. The van der Waals surface area contributed by atoms with Crippen LogP contribution in [-0.4, -0.2) is 24.2 Å². The van der Waals surface area contributed by atoms with Gasteiger partial charge in [0.25, 0.3) is 0 Å². The van der Waals surface area contributed by atoms with E-state index in [1.807, 2.05) is 12.1 Å². The molecule has 1 aromatic heterocycles. The van der Waals surface area contributed by atoms with Crippen LogP contribution in [0.3, 0.4) is 0 Å². The number of hydrogen-bond acceptors (Lipinski definition) is 6. The summed E-state index contributed by atoms with van der Waals surface area (Å²) in [7, 11) is -3.77. The van der Waals surface area contributed by atoms with Gasteiger partial charge in [0, 0.05) is 36.7 Å². The Bertz CT molecular complexity index is 1090. The molecular weight excluding hydrogens is 420 g/mol. The molecule has 1 aliphatic rings. The zero-order chi connectivity index (χ0) is 21.9. The van der Waals surface area contributed by atoms with Gasteiger partial charge < -0.3 is 10.6 Å². The SMILES string of the molecule is CC1(C)CC(=O)C(C(=S)Nc2ccc(S(N)(=O)=O)cc2)=C(NCc2ccncc2)C1. The predicted molar refractivity (Wildman–Crippen MR) is 120 cm³/mol. The average Bonchev–Trinajstić information content (AvgIpc) is 2.65. The second kappa shape index (κ2) is 8.63. The van der Waals surface area contributed by atoms with Gasteiger partial charge in [0.1, 0.15) is 4.99 Å². The molecule has 30 heavy (non-hydrogen) atoms. The minimum Gasteiger partial charge on any atom is -0.384 e. The van der Waals surface area contributed by atoms with E-state index in [0.717, 1.165) is 11.3 Å². The van der Waals surface area contributed by atoms with Gasteiger partial charge in [-0.05, 0) is 53.8 Å². The molecule has 2 aromatic rings. The summed E-state index contributed by atoms with van der Waals surface area (Å²) in [6, 6.07) is 9.73. The monoisotopic (exact) mass is 444 g/mol. The fourth-order valence-electron chi connectivity index (χ4n) is 3.37. The summed E-state index contributed by atoms with van der Waals surface area (Å²) in [5.74, 6) is -0.0258. The summed E-state index contributed by atoms with van der Waals surface area (Å²) in [6.07, 6.45) is 4.53. The minimum atomic E-state index is -3.77. The van der Waals surface area contributed by atoms with Gasteiger partial charge in [-0.2, -0.15) is 0 Å². The number of anilines is 1. The number of rotatable bonds is 6. The van der Waals surface area contributed by atoms with Crippen LogP contribution < -0.4 is 15.8 Å². The molecule has 0 saturated carbocycles. The summed E-state index contributed by atoms with van der Waals surface area (Å²) in [5, 5.41) is 11.6. The maximum Gasteiger partial charge on any atom is 0.238 e. The number of pyridine rings is 1. The van der Waals surface area contributed by atoms with E-state index in [1.165, 1.54) is 12.1 Å². The zero-order valence-electron chi connectivity index (χ0n) is 16.8. The van der Waals surface area contributed by atoms with Gasteiger partial charge in [0.05, 0.1) is 10.5 Å². The number of ketones is 1. The van der Waals surface area contributed by atoms with Crippen molar-refractivity contribution in [3.8, 4) is 0 Å². The lowest BCUT2D eigenvalue weighted by molar-refractivity contribution is -0.117. The van der Waals surface area contributed by atoms with Crippen molar-refractivity contribution in [1.29, 1.82) is 0 Å². The molecule has 0 saturated heterocycles. The van der Waals surface area contributed by atoms with Crippen molar-refractivity contribution in [2.45, 2.75) is 38.1 Å². The van der Waals surface area contributed by atoms with Crippen molar-refractivity contribution in [1.82, 2.24) is 10.3 Å². The molecule has 7 nitrogen and oxygen atoms in total. The number of carbonyl (C=O) groups excluding carboxylic acids is 1. The molecule has 158 valence electrons. The zero-order valence-corrected chi connectivity index (χ0v) is 18.4. The molecule has 0 spiro atoms. The quantitative estimate of drug-likeness (QED) is 0.587. The topological polar surface area (TPSA) is 114 Å². The number of nitrogens with zero attached hydrogens (tertiary/aromatic N) is 1. The minimum absolute atomic E-state index is 0.00776. The number of nitrogens with two attached hydrogens (primary N) is 1. The first kappa shape index (κ1) is 22.1. The Morgan fingerprint density at radius 2 is 1.77 bits per heavy atom. The Balaban J connectivity index is 1.84. The number of benzene rings is 1. The van der Waals surface area contributed by atoms with Gasteiger partial charge in [-0.3, -0.25) is 9.78 Å². The van der Waals surface area contributed by atoms with Gasteiger partial charge in [0.15, 0.2) is 5.78 Å². The lowest BCUT2D eigenvalue weighted by atomic mass is 9.75. The van der Waals surface area contributed by atoms with Gasteiger partial charge >= 0.3 is 0 Å². The Labute approximate surface area is 181 Å². The molecular formula is C21H24N4O3S2. The Kier molecular flexibility index (Phi) is 6.35. The van der Waals surface area contributed by atoms with Crippen molar-refractivity contribution >= 4 is 38.7 Å². The first-order valence-corrected chi connectivity index (χ1v) is 11.3. The first-order chi connectivity index (χ1) is 14.0. The van der Waals surface area contributed by atoms with E-state index in [0.29, 0.717) is 35.6 Å². The number of Topliss-reactive ketones (excluding diaryl/α,β-unsaturated/α-hetero) is 1. The van der Waals surface area contributed by atoms with E-state index in [1.54, 1.807) is 24.5 Å². The highest BCUT2D eigenvalue weighted by atomic mass is 32.2. The van der Waals surface area contributed by atoms with E-state index in [4.69, 9.17) is 17.4 Å². The third-order valence-electron chi connectivity index (χ3n) is 4.80. The van der Waals surface area contributed by atoms with E-state index < -0.39 is 10.0 Å². The third-order valence-corrected chi connectivity index (χ3v) is 6.03. The molecule has 0 bridgehead atoms. The van der Waals surface area contributed by atoms with Gasteiger partial charge in [-0.1, -0.05) is 26.1 Å². The molecule has 9 heteroatoms. The largest absolute Gasteiger partial charge is 0.384 e. The number of sulfonamides is 1. The summed E-state index contributed by atoms with van der Waals surface area (Å²) in [4.78, 5) is 17.2. The van der Waals surface area contributed by atoms with Gasteiger partial charge in [-0.15, -0.1) is 0 Å². The molecule has 1 aliphatic carbocycles. The smallest absolute Gasteiger partial charge is 0.238 e. The second-order valence-electron chi connectivity index (χ2n) is 8.03. The molecule has 0 fully saturated rings. The molecule has 0 amide bonds. The summed E-state index contributed by atoms with van der Waals surface area (Å²) >= 11 is 5.54. The number of aromatic nitrogens is 1. The van der Waals surface area contributed by atoms with E-state index in [-0.39, 0.29) is 16.1 Å². The highest BCUT2D eigenvalue weighted by molar-refractivity contribution is 7.89. The van der Waals surface area contributed by atoms with Crippen LogP contribution in [0.25, 0.3) is 0 Å². The maximum atomic E-state index is 12.9. The lowest BCUT2D eigenvalue weighted by Gasteiger charge is -2.33. The second-order valence-corrected chi connectivity index (χ2v) is 10.00. The standard InChI is InChI=1S/C21H24N4O3S2/c1-21(2)11-17(24-13-14-7-9-23-10-8-14)19(18(26)12-21)20(29)25-15-3-5-16(6-4-15)30(22,27)28/h3-10,24H,11-13H2,1-2H3,(H,25,29)(H2,22,27,28). The Morgan fingerprint density at radius 3 is 2.37 bits per heavy atom. The van der Waals surface area contributed by atoms with E-state index in [9.17, 15) is 13.2 Å². The average molecular weight is 445 g/mol. The number of carbonyl (C=O) groups is 1. The van der Waals surface area contributed by atoms with Crippen LogP contribution in [0.1, 0.15) is 32.3 Å². The highest BCUT2D eigenvalue weighted by Gasteiger charge is 2.34. The summed E-state index contributed by atoms with van der Waals surface area (Å²) < 4.78 is 22.8. The maximum absolute atomic E-state index is 12.9. The molecule has 1 heterocycles. The van der Waals surface area contributed by atoms with E-state index in [2.05, 4.69) is 29.5 Å². The first-order valence-electron chi connectivity index (χ1n) is 9.38. The van der Waals surface area contributed by atoms with Crippen molar-refractivity contribution in [2.24, 2.45) is 10.6 Å². The van der Waals surface area contributed by atoms with Crippen molar-refractivity contribution in [3.05, 3.63) is 65.6 Å². The van der Waals surface area contributed by atoms with Crippen LogP contribution in [-0.2, 0) is 21.4 Å². The molecule has 4 N–H and O–H groups in total. The molecule has 3 rings (SSSR count). The van der Waals surface area contributed by atoms with Crippen molar-refractivity contribution in [3.63, 3.8) is 0 Å². The van der Waals surface area contributed by atoms with Crippen LogP contribution >= 0.6 is 12.2 Å². The summed E-state index contributed by atoms with van der Waals surface area (Å²) in [5.41, 5.74) is 2.71. The normalized spacial score (nSPS) is 16.3. The van der Waals surface area contributed by atoms with Gasteiger partial charge in [0.2, 0.25) is 10.0 Å². The number of allylic oxidation sites excluding steroid dienone is 1. The number of hydrogen-bond donors (Lipinski definition) is 3. The number of thiocarbonyl (C=S) groups is 1. The number of primary sulfonamides is 1. The summed E-state index contributed by atoms with van der Waals surface area (Å²) in [6.45, 7) is 4.66. The van der Waals surface area contributed by atoms with Gasteiger partial charge in [-0.25, -0.2) is 13.6 Å². The molecule has 0 radical (unpaired) electrons. The van der Waals surface area contributed by atoms with Crippen molar-refractivity contribution < 1.29 is 13.2 Å². The Hall–Kier alpha value is -2.62. The van der Waals surface area contributed by atoms with Crippen LogP contribution in [0.5, 0.6) is 0 Å². The van der Waals surface area contributed by atoms with E-state index >= 15 is 0 Å². The van der Waals surface area contributed by atoms with Crippen LogP contribution in [0.15, 0.2) is 65.0 Å². The highest BCUT2D eigenvalue weighted by Crippen LogP contribution is 2.36. The fourth-order valence-corrected chi connectivity index (χ4v) is 4.24.